The van der Waals surface area contributed by atoms with Gasteiger partial charge in [-0.05, 0) is 6.07 Å². The van der Waals surface area contributed by atoms with E-state index in [9.17, 15) is 0 Å². The smallest absolute Gasteiger partial charge is 0.241 e. The number of nitrogens with zero attached hydrogens (tertiary/aromatic N) is 3. The SMILES string of the molecule is CN=Cc1cc(N=C(c2ccccc2)c2ccccc2)c(OC)nc1N. The lowest BCUT2D eigenvalue weighted by molar-refractivity contribution is 0.400. The number of aromatic nitrogens is 1. The highest BCUT2D eigenvalue weighted by Crippen LogP contribution is 2.30. The van der Waals surface area contributed by atoms with E-state index < -0.39 is 0 Å². The second-order valence-electron chi connectivity index (χ2n) is 5.57. The van der Waals surface area contributed by atoms with Gasteiger partial charge in [-0.3, -0.25) is 4.99 Å². The number of pyridine rings is 1. The van der Waals surface area contributed by atoms with Crippen molar-refractivity contribution in [2.45, 2.75) is 0 Å². The van der Waals surface area contributed by atoms with Crippen molar-refractivity contribution in [3.05, 3.63) is 83.4 Å². The summed E-state index contributed by atoms with van der Waals surface area (Å²) in [7, 11) is 3.24. The molecular formula is C21H20N4O. The standard InChI is InChI=1S/C21H20N4O/c1-23-14-17-13-18(21(26-2)25-20(17)22)24-19(15-9-5-3-6-10-15)16-11-7-4-8-12-16/h3-14H,1-2H3,(H2,22,25). The maximum atomic E-state index is 5.97. The number of rotatable bonds is 5. The Balaban J connectivity index is 2.21. The molecule has 0 unspecified atom stereocenters. The largest absolute Gasteiger partial charge is 0.479 e. The Hall–Kier alpha value is -3.47. The zero-order valence-corrected chi connectivity index (χ0v) is 14.8. The Morgan fingerprint density at radius 1 is 1.00 bits per heavy atom. The van der Waals surface area contributed by atoms with Gasteiger partial charge in [0, 0.05) is 30.0 Å². The molecule has 0 spiro atoms. The minimum atomic E-state index is 0.354. The quantitative estimate of drug-likeness (QED) is 0.714. The molecule has 0 saturated carbocycles. The number of nitrogens with two attached hydrogens (primary N) is 1. The Labute approximate surface area is 152 Å². The van der Waals surface area contributed by atoms with E-state index >= 15 is 0 Å². The molecule has 0 aliphatic carbocycles. The zero-order valence-electron chi connectivity index (χ0n) is 14.8. The Morgan fingerprint density at radius 3 is 2.08 bits per heavy atom. The number of benzene rings is 2. The molecule has 0 saturated heterocycles. The monoisotopic (exact) mass is 344 g/mol. The third-order valence-electron chi connectivity index (χ3n) is 3.82. The summed E-state index contributed by atoms with van der Waals surface area (Å²) < 4.78 is 5.39. The highest BCUT2D eigenvalue weighted by atomic mass is 16.5. The van der Waals surface area contributed by atoms with Crippen molar-refractivity contribution in [3.8, 4) is 5.88 Å². The van der Waals surface area contributed by atoms with E-state index in [4.69, 9.17) is 15.5 Å². The van der Waals surface area contributed by atoms with Crippen molar-refractivity contribution >= 4 is 23.4 Å². The van der Waals surface area contributed by atoms with Crippen LogP contribution in [-0.2, 0) is 0 Å². The number of ether oxygens (including phenoxy) is 1. The van der Waals surface area contributed by atoms with E-state index in [1.165, 1.54) is 0 Å². The number of hydrogen-bond donors (Lipinski definition) is 1. The molecule has 5 heteroatoms. The van der Waals surface area contributed by atoms with Gasteiger partial charge in [0.15, 0.2) is 0 Å². The Bertz CT molecular complexity index is 893. The van der Waals surface area contributed by atoms with E-state index in [0.29, 0.717) is 22.9 Å². The second-order valence-corrected chi connectivity index (χ2v) is 5.57. The van der Waals surface area contributed by atoms with Crippen LogP contribution in [0, 0.1) is 0 Å². The Kier molecular flexibility index (Phi) is 5.39. The summed E-state index contributed by atoms with van der Waals surface area (Å²) in [5, 5.41) is 0. The lowest BCUT2D eigenvalue weighted by Crippen LogP contribution is -2.04. The first-order valence-corrected chi connectivity index (χ1v) is 8.19. The molecule has 130 valence electrons. The van der Waals surface area contributed by atoms with Crippen LogP contribution in [0.3, 0.4) is 0 Å². The molecule has 5 nitrogen and oxygen atoms in total. The highest BCUT2D eigenvalue weighted by molar-refractivity contribution is 6.14. The summed E-state index contributed by atoms with van der Waals surface area (Å²) >= 11 is 0. The number of methoxy groups -OCH3 is 1. The number of aliphatic imine (C=N–C) groups is 2. The van der Waals surface area contributed by atoms with E-state index in [0.717, 1.165) is 16.8 Å². The first kappa shape index (κ1) is 17.4. The van der Waals surface area contributed by atoms with Crippen molar-refractivity contribution in [1.82, 2.24) is 4.98 Å². The van der Waals surface area contributed by atoms with E-state index in [1.807, 2.05) is 66.7 Å². The molecule has 1 aromatic heterocycles. The normalized spacial score (nSPS) is 10.7. The van der Waals surface area contributed by atoms with Crippen LogP contribution in [-0.4, -0.2) is 31.1 Å². The van der Waals surface area contributed by atoms with Crippen LogP contribution in [0.1, 0.15) is 16.7 Å². The molecule has 26 heavy (non-hydrogen) atoms. The van der Waals surface area contributed by atoms with Crippen molar-refractivity contribution in [2.24, 2.45) is 9.98 Å². The van der Waals surface area contributed by atoms with Gasteiger partial charge in [-0.25, -0.2) is 4.99 Å². The second kappa shape index (κ2) is 8.07. The molecule has 0 bridgehead atoms. The predicted octanol–water partition coefficient (Wildman–Crippen LogP) is 3.89. The average molecular weight is 344 g/mol. The van der Waals surface area contributed by atoms with Crippen LogP contribution in [0.4, 0.5) is 11.5 Å². The van der Waals surface area contributed by atoms with Gasteiger partial charge in [0.2, 0.25) is 5.88 Å². The van der Waals surface area contributed by atoms with E-state index in [-0.39, 0.29) is 0 Å². The first-order chi connectivity index (χ1) is 12.7. The minimum Gasteiger partial charge on any atom is -0.479 e. The molecule has 0 fully saturated rings. The molecule has 0 amide bonds. The van der Waals surface area contributed by atoms with Crippen LogP contribution >= 0.6 is 0 Å². The minimum absolute atomic E-state index is 0.354. The van der Waals surface area contributed by atoms with Crippen LogP contribution in [0.15, 0.2) is 76.7 Å². The number of anilines is 1. The number of hydrogen-bond acceptors (Lipinski definition) is 5. The molecule has 3 aromatic rings. The molecule has 1 heterocycles. The van der Waals surface area contributed by atoms with E-state index in [1.54, 1.807) is 20.4 Å². The van der Waals surface area contributed by atoms with Gasteiger partial charge >= 0.3 is 0 Å². The third kappa shape index (κ3) is 3.78. The van der Waals surface area contributed by atoms with Gasteiger partial charge in [-0.15, -0.1) is 0 Å². The van der Waals surface area contributed by atoms with Crippen LogP contribution in [0.25, 0.3) is 0 Å². The number of nitrogen functional groups attached to an aromatic ring is 1. The molecule has 3 rings (SSSR count). The predicted molar refractivity (Wildman–Crippen MR) is 107 cm³/mol. The Morgan fingerprint density at radius 2 is 1.58 bits per heavy atom. The van der Waals surface area contributed by atoms with Crippen molar-refractivity contribution < 1.29 is 4.74 Å². The van der Waals surface area contributed by atoms with Gasteiger partial charge in [-0.2, -0.15) is 4.98 Å². The highest BCUT2D eigenvalue weighted by Gasteiger charge is 2.12. The summed E-state index contributed by atoms with van der Waals surface area (Å²) in [4.78, 5) is 13.2. The van der Waals surface area contributed by atoms with Gasteiger partial charge < -0.3 is 10.5 Å². The van der Waals surface area contributed by atoms with Crippen LogP contribution in [0.2, 0.25) is 0 Å². The molecule has 2 N–H and O–H groups in total. The average Bonchev–Trinajstić information content (AvgIpc) is 2.69. The van der Waals surface area contributed by atoms with Gasteiger partial charge in [0.1, 0.15) is 11.5 Å². The summed E-state index contributed by atoms with van der Waals surface area (Å²) in [6, 6.07) is 21.8. The first-order valence-electron chi connectivity index (χ1n) is 8.19. The fraction of sp³-hybridized carbons (Fsp3) is 0.0952. The summed E-state index contributed by atoms with van der Waals surface area (Å²) in [6.07, 6.45) is 1.66. The lowest BCUT2D eigenvalue weighted by Gasteiger charge is -2.11. The maximum absolute atomic E-state index is 5.97. The fourth-order valence-electron chi connectivity index (χ4n) is 2.60. The molecular weight excluding hydrogens is 324 g/mol. The molecule has 0 aliphatic rings. The fourth-order valence-corrected chi connectivity index (χ4v) is 2.60. The van der Waals surface area contributed by atoms with Gasteiger partial charge in [-0.1, -0.05) is 60.7 Å². The van der Waals surface area contributed by atoms with E-state index in [2.05, 4.69) is 9.98 Å². The van der Waals surface area contributed by atoms with Crippen molar-refractivity contribution in [3.63, 3.8) is 0 Å². The molecule has 0 aliphatic heterocycles. The van der Waals surface area contributed by atoms with Crippen molar-refractivity contribution in [2.75, 3.05) is 19.9 Å². The zero-order chi connectivity index (χ0) is 18.4. The molecule has 2 aromatic carbocycles. The topological polar surface area (TPSA) is 72.9 Å². The summed E-state index contributed by atoms with van der Waals surface area (Å²) in [5.74, 6) is 0.729. The molecule has 0 atom stereocenters. The lowest BCUT2D eigenvalue weighted by atomic mass is 10.0. The third-order valence-corrected chi connectivity index (χ3v) is 3.82. The molecule has 0 radical (unpaired) electrons. The van der Waals surface area contributed by atoms with Gasteiger partial charge in [0.25, 0.3) is 0 Å². The van der Waals surface area contributed by atoms with Crippen LogP contribution in [0.5, 0.6) is 5.88 Å². The van der Waals surface area contributed by atoms with Crippen molar-refractivity contribution in [1.29, 1.82) is 0 Å². The maximum Gasteiger partial charge on any atom is 0.241 e. The summed E-state index contributed by atoms with van der Waals surface area (Å²) in [5.41, 5.74) is 10.1. The summed E-state index contributed by atoms with van der Waals surface area (Å²) in [6.45, 7) is 0. The van der Waals surface area contributed by atoms with Gasteiger partial charge in [0.05, 0.1) is 12.8 Å². The van der Waals surface area contributed by atoms with Crippen LogP contribution < -0.4 is 10.5 Å².